The standard InChI is InChI=1S/C19H17N3O.C3H4F2O.C2H6.CH6N2.CH3NO/c1-12-13(2)22(18-9-8-14(23-3)10-16(12)18)19-11-20-21-17-7-5-4-6-15(17)19;1-2(6)3(4)5;1-2;2*2-1-3/h4-11H,1-3H3;3,6H,1H2;1-2H3;1-3H2;1H,(H2,2,3). The summed E-state index contributed by atoms with van der Waals surface area (Å²) in [5.41, 5.74) is 19.0. The number of carbonyl (C=O) groups is 1. The fourth-order valence-electron chi connectivity index (χ4n) is 3.16. The molecule has 1 amide bonds. The average molecular weight is 519 g/mol. The largest absolute Gasteiger partial charge is 0.507 e. The number of nitrogens with two attached hydrogens (primary N) is 3. The summed E-state index contributed by atoms with van der Waals surface area (Å²) in [7, 11) is 1.70. The topological polar surface area (TPSA) is 155 Å². The van der Waals surface area contributed by atoms with Crippen molar-refractivity contribution in [2.45, 2.75) is 34.1 Å². The number of aliphatic hydroxyl groups excluding tert-OH is 1. The number of rotatable bonds is 3. The van der Waals surface area contributed by atoms with E-state index in [0.717, 1.165) is 27.9 Å². The predicted octanol–water partition coefficient (Wildman–Crippen LogP) is 4.51. The van der Waals surface area contributed by atoms with Crippen LogP contribution in [0, 0.1) is 13.8 Å². The smallest absolute Gasteiger partial charge is 0.293 e. The minimum Gasteiger partial charge on any atom is -0.507 e. The summed E-state index contributed by atoms with van der Waals surface area (Å²) >= 11 is 0. The van der Waals surface area contributed by atoms with Crippen molar-refractivity contribution >= 4 is 28.2 Å². The summed E-state index contributed by atoms with van der Waals surface area (Å²) in [6.07, 6.45) is -0.705. The van der Waals surface area contributed by atoms with Crippen molar-refractivity contribution in [3.63, 3.8) is 0 Å². The van der Waals surface area contributed by atoms with Crippen LogP contribution in [-0.2, 0) is 4.79 Å². The van der Waals surface area contributed by atoms with Gasteiger partial charge in [0.25, 0.3) is 6.43 Å². The van der Waals surface area contributed by atoms with E-state index in [9.17, 15) is 8.78 Å². The molecule has 202 valence electrons. The number of aromatic nitrogens is 3. The fourth-order valence-corrected chi connectivity index (χ4v) is 3.16. The molecule has 0 aliphatic rings. The van der Waals surface area contributed by atoms with Gasteiger partial charge in [-0.15, -0.1) is 0 Å². The maximum atomic E-state index is 10.8. The molecule has 0 radical (unpaired) electrons. The zero-order valence-corrected chi connectivity index (χ0v) is 21.8. The Morgan fingerprint density at radius 2 is 1.70 bits per heavy atom. The Labute approximate surface area is 215 Å². The number of benzene rings is 2. The molecule has 0 saturated heterocycles. The number of methoxy groups -OCH3 is 1. The van der Waals surface area contributed by atoms with Gasteiger partial charge in [-0.3, -0.25) is 4.79 Å². The summed E-state index contributed by atoms with van der Waals surface area (Å²) in [5, 5.41) is 18.4. The van der Waals surface area contributed by atoms with Gasteiger partial charge in [-0.2, -0.15) is 10.2 Å². The van der Waals surface area contributed by atoms with Crippen molar-refractivity contribution < 1.29 is 23.4 Å². The molecule has 0 bridgehead atoms. The molecule has 0 aliphatic heterocycles. The molecular weight excluding hydrogens is 482 g/mol. The number of halogens is 2. The van der Waals surface area contributed by atoms with E-state index in [4.69, 9.17) is 14.6 Å². The van der Waals surface area contributed by atoms with Crippen molar-refractivity contribution in [2.24, 2.45) is 17.2 Å². The number of hydrogen-bond donors (Lipinski definition) is 4. The van der Waals surface area contributed by atoms with Crippen LogP contribution in [0.4, 0.5) is 8.78 Å². The van der Waals surface area contributed by atoms with Crippen molar-refractivity contribution in [3.8, 4) is 11.4 Å². The quantitative estimate of drug-likeness (QED) is 0.177. The summed E-state index contributed by atoms with van der Waals surface area (Å²) in [6, 6.07) is 14.3. The number of aliphatic hydroxyl groups is 1. The van der Waals surface area contributed by atoms with Gasteiger partial charge in [-0.1, -0.05) is 38.6 Å². The third kappa shape index (κ3) is 9.13. The highest BCUT2D eigenvalue weighted by molar-refractivity contribution is 5.93. The van der Waals surface area contributed by atoms with E-state index >= 15 is 0 Å². The zero-order valence-electron chi connectivity index (χ0n) is 21.8. The second kappa shape index (κ2) is 17.4. The van der Waals surface area contributed by atoms with Gasteiger partial charge in [0.1, 0.15) is 5.75 Å². The van der Waals surface area contributed by atoms with Gasteiger partial charge >= 0.3 is 0 Å². The number of ether oxygens (including phenoxy) is 1. The van der Waals surface area contributed by atoms with Crippen LogP contribution in [0.3, 0.4) is 0 Å². The first-order valence-electron chi connectivity index (χ1n) is 11.3. The number of hydrogen-bond acceptors (Lipinski definition) is 7. The van der Waals surface area contributed by atoms with Crippen LogP contribution < -0.4 is 21.9 Å². The second-order valence-electron chi connectivity index (χ2n) is 6.84. The van der Waals surface area contributed by atoms with Gasteiger partial charge in [0.2, 0.25) is 6.41 Å². The number of aryl methyl sites for hydroxylation is 1. The first-order chi connectivity index (χ1) is 17.7. The van der Waals surface area contributed by atoms with Crippen LogP contribution in [0.5, 0.6) is 5.75 Å². The molecule has 2 aromatic carbocycles. The van der Waals surface area contributed by atoms with Crippen LogP contribution in [0.1, 0.15) is 25.1 Å². The number of carbonyl (C=O) groups excluding carboxylic acids is 1. The molecule has 0 unspecified atom stereocenters. The molecule has 9 nitrogen and oxygen atoms in total. The monoisotopic (exact) mass is 518 g/mol. The van der Waals surface area contributed by atoms with E-state index in [2.05, 4.69) is 70.6 Å². The number of amides is 1. The molecule has 4 rings (SSSR count). The molecule has 37 heavy (non-hydrogen) atoms. The lowest BCUT2D eigenvalue weighted by atomic mass is 10.1. The first-order valence-corrected chi connectivity index (χ1v) is 11.3. The van der Waals surface area contributed by atoms with Gasteiger partial charge in [0.15, 0.2) is 5.76 Å². The highest BCUT2D eigenvalue weighted by Crippen LogP contribution is 2.33. The maximum absolute atomic E-state index is 10.8. The molecule has 7 N–H and O–H groups in total. The summed E-state index contributed by atoms with van der Waals surface area (Å²) in [5.74, 6) is -0.203. The lowest BCUT2D eigenvalue weighted by molar-refractivity contribution is -0.106. The summed E-state index contributed by atoms with van der Waals surface area (Å²) in [6.45, 7) is 11.1. The molecule has 2 aromatic heterocycles. The number of alkyl halides is 2. The van der Waals surface area contributed by atoms with Gasteiger partial charge in [0.05, 0.1) is 30.0 Å². The number of nitrogens with zero attached hydrogens (tertiary/aromatic N) is 3. The number of primary amides is 1. The third-order valence-electron chi connectivity index (χ3n) is 4.75. The second-order valence-corrected chi connectivity index (χ2v) is 6.84. The molecule has 0 spiro atoms. The van der Waals surface area contributed by atoms with E-state index in [0.29, 0.717) is 0 Å². The Morgan fingerprint density at radius 1 is 1.16 bits per heavy atom. The molecule has 0 saturated carbocycles. The van der Waals surface area contributed by atoms with Crippen LogP contribution in [0.15, 0.2) is 61.0 Å². The van der Waals surface area contributed by atoms with E-state index in [1.807, 2.05) is 44.3 Å². The Hall–Kier alpha value is -4.09. The highest BCUT2D eigenvalue weighted by Gasteiger charge is 2.15. The summed E-state index contributed by atoms with van der Waals surface area (Å²) in [4.78, 5) is 8.58. The molecule has 11 heteroatoms. The summed E-state index contributed by atoms with van der Waals surface area (Å²) < 4.78 is 29.2. The average Bonchev–Trinajstić information content (AvgIpc) is 3.15. The Bertz CT molecular complexity index is 1260. The van der Waals surface area contributed by atoms with Gasteiger partial charge < -0.3 is 31.6 Å². The molecule has 0 aliphatic carbocycles. The van der Waals surface area contributed by atoms with Gasteiger partial charge in [-0.05, 0) is 43.7 Å². The molecule has 4 aromatic rings. The Balaban J connectivity index is 0.000000779. The predicted molar refractivity (Wildman–Crippen MR) is 145 cm³/mol. The van der Waals surface area contributed by atoms with Gasteiger partial charge in [0, 0.05) is 23.1 Å². The first kappa shape index (κ1) is 32.9. The molecule has 0 fully saturated rings. The fraction of sp³-hybridized carbons (Fsp3) is 0.269. The normalized spacial score (nSPS) is 9.46. The van der Waals surface area contributed by atoms with Crippen molar-refractivity contribution in [1.82, 2.24) is 14.8 Å². The SMILES string of the molecule is C=C(O)C(F)F.CC.COc1ccc2c(c1)c(C)c(C)n2-c1cnnc2ccccc12.NC=O.NCN. The zero-order chi connectivity index (χ0) is 28.5. The highest BCUT2D eigenvalue weighted by atomic mass is 19.3. The van der Waals surface area contributed by atoms with Crippen LogP contribution >= 0.6 is 0 Å². The lowest BCUT2D eigenvalue weighted by Crippen LogP contribution is -2.08. The minimum absolute atomic E-state index is 0.250. The van der Waals surface area contributed by atoms with Crippen molar-refractivity contribution in [1.29, 1.82) is 0 Å². The van der Waals surface area contributed by atoms with Crippen molar-refractivity contribution in [2.75, 3.05) is 13.8 Å². The molecular formula is C26H36F2N6O3. The van der Waals surface area contributed by atoms with E-state index in [1.54, 1.807) is 7.11 Å². The Kier molecular flexibility index (Phi) is 15.4. The van der Waals surface area contributed by atoms with Crippen molar-refractivity contribution in [3.05, 3.63) is 72.3 Å². The van der Waals surface area contributed by atoms with Gasteiger partial charge in [-0.25, -0.2) is 8.78 Å². The third-order valence-corrected chi connectivity index (χ3v) is 4.75. The molecule has 2 heterocycles. The number of fused-ring (bicyclic) bond motifs is 2. The van der Waals surface area contributed by atoms with Crippen LogP contribution in [-0.4, -0.2) is 46.5 Å². The minimum atomic E-state index is -2.79. The van der Waals surface area contributed by atoms with E-state index in [-0.39, 0.29) is 13.1 Å². The maximum Gasteiger partial charge on any atom is 0.293 e. The van der Waals surface area contributed by atoms with E-state index < -0.39 is 12.2 Å². The Morgan fingerprint density at radius 3 is 2.22 bits per heavy atom. The lowest BCUT2D eigenvalue weighted by Gasteiger charge is -2.11. The van der Waals surface area contributed by atoms with E-state index in [1.165, 1.54) is 16.6 Å². The number of allylic oxidation sites excluding steroid dienone is 1. The van der Waals surface area contributed by atoms with Crippen LogP contribution in [0.25, 0.3) is 27.5 Å². The van der Waals surface area contributed by atoms with Crippen LogP contribution in [0.2, 0.25) is 0 Å². The molecule has 0 atom stereocenters.